The van der Waals surface area contributed by atoms with Gasteiger partial charge in [0, 0.05) is 13.1 Å². The summed E-state index contributed by atoms with van der Waals surface area (Å²) in [6, 6.07) is 5.87. The van der Waals surface area contributed by atoms with Gasteiger partial charge in [-0.05, 0) is 32.9 Å². The maximum atomic E-state index is 12.6. The van der Waals surface area contributed by atoms with E-state index >= 15 is 0 Å². The van der Waals surface area contributed by atoms with Crippen molar-refractivity contribution in [3.63, 3.8) is 0 Å². The average Bonchev–Trinajstić information content (AvgIpc) is 3.19. The van der Waals surface area contributed by atoms with Gasteiger partial charge in [0.05, 0.1) is 23.4 Å². The van der Waals surface area contributed by atoms with E-state index in [1.54, 1.807) is 32.9 Å². The molecule has 2 aromatic rings. The van der Waals surface area contributed by atoms with E-state index in [1.807, 2.05) is 0 Å². The minimum Gasteiger partial charge on any atom is -0.444 e. The number of amides is 3. The Morgan fingerprint density at radius 2 is 1.67 bits per heavy atom. The largest absolute Gasteiger partial charge is 0.444 e. The summed E-state index contributed by atoms with van der Waals surface area (Å²) >= 11 is 0. The Morgan fingerprint density at radius 1 is 1.07 bits per heavy atom. The molecular weight excluding hydrogens is 394 g/mol. The Labute approximate surface area is 171 Å². The number of carbonyl (C=O) groups is 4. The van der Waals surface area contributed by atoms with Crippen molar-refractivity contribution in [3.05, 3.63) is 47.3 Å². The van der Waals surface area contributed by atoms with E-state index in [0.29, 0.717) is 5.06 Å². The molecule has 0 N–H and O–H groups in total. The zero-order valence-electron chi connectivity index (χ0n) is 16.6. The Hall–Kier alpha value is -3.76. The summed E-state index contributed by atoms with van der Waals surface area (Å²) in [6.07, 6.45) is 0.713. The lowest BCUT2D eigenvalue weighted by molar-refractivity contribution is -0.0597. The first kappa shape index (κ1) is 19.6. The monoisotopic (exact) mass is 413 g/mol. The molecule has 0 saturated carbocycles. The third-order valence-electron chi connectivity index (χ3n) is 4.57. The zero-order chi connectivity index (χ0) is 21.6. The summed E-state index contributed by atoms with van der Waals surface area (Å²) in [4.78, 5) is 55.9. The molecule has 1 aromatic heterocycles. The van der Waals surface area contributed by atoms with Crippen molar-refractivity contribution < 1.29 is 28.8 Å². The van der Waals surface area contributed by atoms with Crippen LogP contribution in [0.3, 0.4) is 0 Å². The van der Waals surface area contributed by atoms with E-state index < -0.39 is 29.5 Å². The molecule has 11 nitrogen and oxygen atoms in total. The minimum atomic E-state index is -0.953. The Morgan fingerprint density at radius 3 is 2.23 bits per heavy atom. The van der Waals surface area contributed by atoms with Crippen molar-refractivity contribution in [3.8, 4) is 0 Å². The first-order valence-corrected chi connectivity index (χ1v) is 9.24. The van der Waals surface area contributed by atoms with Gasteiger partial charge < -0.3 is 14.5 Å². The van der Waals surface area contributed by atoms with E-state index in [-0.39, 0.29) is 36.0 Å². The quantitative estimate of drug-likeness (QED) is 0.693. The lowest BCUT2D eigenvalue weighted by Crippen LogP contribution is -2.53. The maximum Gasteiger partial charge on any atom is 0.410 e. The summed E-state index contributed by atoms with van der Waals surface area (Å²) < 4.78 is 6.60. The molecule has 3 heterocycles. The Bertz CT molecular complexity index is 1010. The van der Waals surface area contributed by atoms with Crippen LogP contribution in [0.1, 0.15) is 58.0 Å². The number of ether oxygens (including phenoxy) is 1. The number of hydroxylamine groups is 2. The molecule has 1 aromatic carbocycles. The van der Waals surface area contributed by atoms with Crippen LogP contribution in [0.4, 0.5) is 4.79 Å². The van der Waals surface area contributed by atoms with Crippen molar-refractivity contribution in [2.24, 2.45) is 0 Å². The molecule has 0 bridgehead atoms. The highest BCUT2D eigenvalue weighted by atomic mass is 16.7. The highest BCUT2D eigenvalue weighted by Gasteiger charge is 2.41. The SMILES string of the molecule is CC(C)(C)OC(=O)N1CC(n2nncc2C(=O)ON2C(=O)c3ccccc3C2=O)C1. The third-order valence-corrected chi connectivity index (χ3v) is 4.57. The summed E-state index contributed by atoms with van der Waals surface area (Å²) in [5.74, 6) is -2.39. The summed E-state index contributed by atoms with van der Waals surface area (Å²) in [5, 5.41) is 8.02. The number of benzene rings is 1. The molecule has 0 radical (unpaired) electrons. The second kappa shape index (κ2) is 6.94. The predicted octanol–water partition coefficient (Wildman–Crippen LogP) is 1.44. The standard InChI is InChI=1S/C19H19N5O6/c1-19(2,3)29-18(28)22-9-11(10-22)23-14(8-20-21-23)17(27)30-24-15(25)12-6-4-5-7-13(12)16(24)26/h4-8,11H,9-10H2,1-3H3. The number of hydrogen-bond acceptors (Lipinski definition) is 8. The molecular formula is C19H19N5O6. The van der Waals surface area contributed by atoms with Crippen LogP contribution in [0.2, 0.25) is 0 Å². The maximum absolute atomic E-state index is 12.6. The highest BCUT2D eigenvalue weighted by molar-refractivity contribution is 6.21. The molecule has 0 spiro atoms. The van der Waals surface area contributed by atoms with Crippen LogP contribution < -0.4 is 0 Å². The minimum absolute atomic E-state index is 0.0413. The van der Waals surface area contributed by atoms with Gasteiger partial charge in [-0.2, -0.15) is 0 Å². The molecule has 4 rings (SSSR count). The molecule has 2 aliphatic rings. The van der Waals surface area contributed by atoms with Gasteiger partial charge >= 0.3 is 12.1 Å². The molecule has 156 valence electrons. The number of fused-ring (bicyclic) bond motifs is 1. The lowest BCUT2D eigenvalue weighted by atomic mass is 10.1. The van der Waals surface area contributed by atoms with Gasteiger partial charge in [0.1, 0.15) is 5.60 Å². The molecule has 0 atom stereocenters. The van der Waals surface area contributed by atoms with E-state index in [2.05, 4.69) is 10.3 Å². The van der Waals surface area contributed by atoms with Crippen LogP contribution in [0.5, 0.6) is 0 Å². The smallest absolute Gasteiger partial charge is 0.410 e. The topological polar surface area (TPSA) is 124 Å². The second-order valence-corrected chi connectivity index (χ2v) is 7.93. The van der Waals surface area contributed by atoms with Gasteiger partial charge in [-0.25, -0.2) is 14.3 Å². The summed E-state index contributed by atoms with van der Waals surface area (Å²) in [6.45, 7) is 5.85. The van der Waals surface area contributed by atoms with Crippen molar-refractivity contribution >= 4 is 23.9 Å². The fraction of sp³-hybridized carbons (Fsp3) is 0.368. The van der Waals surface area contributed by atoms with E-state index in [0.717, 1.165) is 0 Å². The van der Waals surface area contributed by atoms with Gasteiger partial charge in [-0.15, -0.1) is 5.10 Å². The fourth-order valence-corrected chi connectivity index (χ4v) is 3.12. The molecule has 0 aliphatic carbocycles. The first-order chi connectivity index (χ1) is 14.2. The average molecular weight is 413 g/mol. The molecule has 1 saturated heterocycles. The van der Waals surface area contributed by atoms with E-state index in [9.17, 15) is 19.2 Å². The van der Waals surface area contributed by atoms with Crippen LogP contribution >= 0.6 is 0 Å². The van der Waals surface area contributed by atoms with Crippen LogP contribution in [0.15, 0.2) is 30.5 Å². The van der Waals surface area contributed by atoms with Crippen molar-refractivity contribution in [2.75, 3.05) is 13.1 Å². The number of imide groups is 1. The van der Waals surface area contributed by atoms with Gasteiger partial charge in [0.15, 0.2) is 5.69 Å². The van der Waals surface area contributed by atoms with Gasteiger partial charge in [-0.3, -0.25) is 9.59 Å². The van der Waals surface area contributed by atoms with Crippen LogP contribution in [-0.2, 0) is 9.57 Å². The van der Waals surface area contributed by atoms with E-state index in [4.69, 9.17) is 9.57 Å². The number of nitrogens with zero attached hydrogens (tertiary/aromatic N) is 5. The predicted molar refractivity (Wildman–Crippen MR) is 99.2 cm³/mol. The Balaban J connectivity index is 1.42. The normalized spacial score (nSPS) is 16.4. The molecule has 1 fully saturated rings. The molecule has 11 heteroatoms. The van der Waals surface area contributed by atoms with Crippen molar-refractivity contribution in [1.29, 1.82) is 0 Å². The summed E-state index contributed by atoms with van der Waals surface area (Å²) in [7, 11) is 0. The molecule has 3 amide bonds. The van der Waals surface area contributed by atoms with Crippen LogP contribution in [0, 0.1) is 0 Å². The van der Waals surface area contributed by atoms with E-state index in [1.165, 1.54) is 27.9 Å². The zero-order valence-corrected chi connectivity index (χ0v) is 16.6. The number of carbonyl (C=O) groups excluding carboxylic acids is 4. The van der Waals surface area contributed by atoms with Gasteiger partial charge in [0.2, 0.25) is 0 Å². The fourth-order valence-electron chi connectivity index (χ4n) is 3.12. The summed E-state index contributed by atoms with van der Waals surface area (Å²) in [5.41, 5.74) is -0.334. The third kappa shape index (κ3) is 3.38. The van der Waals surface area contributed by atoms with Gasteiger partial charge in [-0.1, -0.05) is 22.4 Å². The molecule has 0 unspecified atom stereocenters. The van der Waals surface area contributed by atoms with Crippen molar-refractivity contribution in [1.82, 2.24) is 25.0 Å². The molecule has 30 heavy (non-hydrogen) atoms. The number of aromatic nitrogens is 3. The van der Waals surface area contributed by atoms with Crippen LogP contribution in [0.25, 0.3) is 0 Å². The number of hydrogen-bond donors (Lipinski definition) is 0. The van der Waals surface area contributed by atoms with Gasteiger partial charge in [0.25, 0.3) is 11.8 Å². The molecule has 2 aliphatic heterocycles. The van der Waals surface area contributed by atoms with Crippen molar-refractivity contribution in [2.45, 2.75) is 32.4 Å². The Kier molecular flexibility index (Phi) is 4.52. The highest BCUT2D eigenvalue weighted by Crippen LogP contribution is 2.26. The lowest BCUT2D eigenvalue weighted by Gasteiger charge is -2.39. The first-order valence-electron chi connectivity index (χ1n) is 9.24. The van der Waals surface area contributed by atoms with Crippen LogP contribution in [-0.4, -0.2) is 67.5 Å². The number of rotatable bonds is 3. The number of likely N-dealkylation sites (tertiary alicyclic amines) is 1. The second-order valence-electron chi connectivity index (χ2n) is 7.93.